The molecule has 0 amide bonds. The Labute approximate surface area is 186 Å². The van der Waals surface area contributed by atoms with Crippen LogP contribution in [0.5, 0.6) is 5.88 Å². The SMILES string of the molecule is C=CCC(C)(C(=O)O)c1nnc(-c2nn(Cc3ccccc3F)c3ncc(F)cc23)nc1O. The third-order valence-corrected chi connectivity index (χ3v) is 5.26. The number of rotatable bonds is 7. The van der Waals surface area contributed by atoms with Gasteiger partial charge in [0.1, 0.15) is 28.4 Å². The van der Waals surface area contributed by atoms with E-state index < -0.39 is 28.9 Å². The number of hydrogen-bond acceptors (Lipinski definition) is 7. The van der Waals surface area contributed by atoms with Crippen LogP contribution in [0.2, 0.25) is 0 Å². The molecule has 9 nitrogen and oxygen atoms in total. The van der Waals surface area contributed by atoms with Gasteiger partial charge in [0.2, 0.25) is 11.7 Å². The fourth-order valence-electron chi connectivity index (χ4n) is 3.45. The molecule has 4 rings (SSSR count). The van der Waals surface area contributed by atoms with Crippen LogP contribution in [0.25, 0.3) is 22.6 Å². The molecule has 3 aromatic heterocycles. The van der Waals surface area contributed by atoms with E-state index in [4.69, 9.17) is 0 Å². The van der Waals surface area contributed by atoms with Crippen LogP contribution in [0.1, 0.15) is 24.6 Å². The summed E-state index contributed by atoms with van der Waals surface area (Å²) in [6.45, 7) is 4.90. The quantitative estimate of drug-likeness (QED) is 0.409. The first-order chi connectivity index (χ1) is 15.7. The molecule has 0 bridgehead atoms. The Hall–Kier alpha value is -4.28. The number of halogens is 2. The first-order valence-corrected chi connectivity index (χ1v) is 9.79. The van der Waals surface area contributed by atoms with E-state index in [1.165, 1.54) is 23.7 Å². The van der Waals surface area contributed by atoms with Crippen LogP contribution in [-0.2, 0) is 16.8 Å². The Balaban J connectivity index is 1.84. The topological polar surface area (TPSA) is 127 Å². The van der Waals surface area contributed by atoms with Crippen LogP contribution < -0.4 is 0 Å². The molecule has 4 aromatic rings. The summed E-state index contributed by atoms with van der Waals surface area (Å²) in [7, 11) is 0. The van der Waals surface area contributed by atoms with Crippen molar-refractivity contribution in [3.8, 4) is 17.4 Å². The van der Waals surface area contributed by atoms with Crippen molar-refractivity contribution in [3.63, 3.8) is 0 Å². The molecule has 0 saturated carbocycles. The number of aliphatic carboxylic acids is 1. The maximum Gasteiger partial charge on any atom is 0.316 e. The number of pyridine rings is 1. The minimum atomic E-state index is -1.61. The van der Waals surface area contributed by atoms with Crippen LogP contribution in [0.3, 0.4) is 0 Å². The van der Waals surface area contributed by atoms with E-state index in [0.717, 1.165) is 12.3 Å². The van der Waals surface area contributed by atoms with Crippen LogP contribution in [0.15, 0.2) is 49.2 Å². The van der Waals surface area contributed by atoms with E-state index in [0.29, 0.717) is 5.56 Å². The molecule has 2 N–H and O–H groups in total. The first kappa shape index (κ1) is 21.9. The van der Waals surface area contributed by atoms with E-state index >= 15 is 0 Å². The molecule has 0 saturated heterocycles. The molecule has 1 atom stereocenters. The molecule has 0 aliphatic carbocycles. The molecule has 11 heteroatoms. The van der Waals surface area contributed by atoms with E-state index in [2.05, 4.69) is 31.8 Å². The van der Waals surface area contributed by atoms with Crippen LogP contribution >= 0.6 is 0 Å². The van der Waals surface area contributed by atoms with Crippen molar-refractivity contribution >= 4 is 17.0 Å². The first-order valence-electron chi connectivity index (χ1n) is 9.79. The monoisotopic (exact) mass is 452 g/mol. The van der Waals surface area contributed by atoms with Crippen LogP contribution in [-0.4, -0.2) is 46.1 Å². The highest BCUT2D eigenvalue weighted by Crippen LogP contribution is 2.33. The highest BCUT2D eigenvalue weighted by molar-refractivity contribution is 5.89. The predicted molar refractivity (Wildman–Crippen MR) is 113 cm³/mol. The lowest BCUT2D eigenvalue weighted by atomic mass is 9.83. The number of benzene rings is 1. The Bertz CT molecular complexity index is 1390. The third kappa shape index (κ3) is 3.88. The smallest absolute Gasteiger partial charge is 0.316 e. The Morgan fingerprint density at radius 2 is 2.03 bits per heavy atom. The maximum atomic E-state index is 14.2. The van der Waals surface area contributed by atoms with E-state index in [-0.39, 0.29) is 41.2 Å². The molecular formula is C22H18F2N6O3. The zero-order valence-electron chi connectivity index (χ0n) is 17.4. The number of aromatic nitrogens is 6. The van der Waals surface area contributed by atoms with Gasteiger partial charge in [0, 0.05) is 5.56 Å². The number of aromatic hydroxyl groups is 1. The lowest BCUT2D eigenvalue weighted by Gasteiger charge is -2.22. The van der Waals surface area contributed by atoms with Crippen molar-refractivity contribution in [2.45, 2.75) is 25.3 Å². The number of hydrogen-bond donors (Lipinski definition) is 2. The van der Waals surface area contributed by atoms with Gasteiger partial charge in [-0.05, 0) is 25.5 Å². The molecule has 1 unspecified atom stereocenters. The van der Waals surface area contributed by atoms with Crippen molar-refractivity contribution in [1.82, 2.24) is 29.9 Å². The fraction of sp³-hybridized carbons (Fsp3) is 0.182. The van der Waals surface area contributed by atoms with E-state index in [1.807, 2.05) is 0 Å². The molecule has 3 heterocycles. The minimum absolute atomic E-state index is 0.00425. The van der Waals surface area contributed by atoms with Gasteiger partial charge >= 0.3 is 5.97 Å². The lowest BCUT2D eigenvalue weighted by Crippen LogP contribution is -2.33. The van der Waals surface area contributed by atoms with Crippen molar-refractivity contribution in [2.75, 3.05) is 0 Å². The van der Waals surface area contributed by atoms with Gasteiger partial charge in [-0.15, -0.1) is 16.8 Å². The fourth-order valence-corrected chi connectivity index (χ4v) is 3.45. The molecular weight excluding hydrogens is 434 g/mol. The molecule has 168 valence electrons. The van der Waals surface area contributed by atoms with Crippen molar-refractivity contribution < 1.29 is 23.8 Å². The molecule has 1 aromatic carbocycles. The lowest BCUT2D eigenvalue weighted by molar-refractivity contribution is -0.143. The summed E-state index contributed by atoms with van der Waals surface area (Å²) in [5, 5.41) is 32.5. The van der Waals surface area contributed by atoms with E-state index in [1.54, 1.807) is 18.2 Å². The summed E-state index contributed by atoms with van der Waals surface area (Å²) < 4.78 is 29.5. The number of fused-ring (bicyclic) bond motifs is 1. The molecule has 0 aliphatic rings. The largest absolute Gasteiger partial charge is 0.492 e. The third-order valence-electron chi connectivity index (χ3n) is 5.26. The summed E-state index contributed by atoms with van der Waals surface area (Å²) in [6, 6.07) is 7.28. The second-order valence-corrected chi connectivity index (χ2v) is 7.56. The van der Waals surface area contributed by atoms with Crippen LogP contribution in [0.4, 0.5) is 8.78 Å². The van der Waals surface area contributed by atoms with E-state index in [9.17, 15) is 23.8 Å². The number of carbonyl (C=O) groups is 1. The van der Waals surface area contributed by atoms with Gasteiger partial charge in [0.05, 0.1) is 18.1 Å². The summed E-state index contributed by atoms with van der Waals surface area (Å²) in [5.74, 6) is -3.17. The zero-order valence-corrected chi connectivity index (χ0v) is 17.4. The molecule has 33 heavy (non-hydrogen) atoms. The normalized spacial score (nSPS) is 13.1. The van der Waals surface area contributed by atoms with Gasteiger partial charge in [-0.1, -0.05) is 24.3 Å². The van der Waals surface area contributed by atoms with Crippen molar-refractivity contribution in [1.29, 1.82) is 0 Å². The summed E-state index contributed by atoms with van der Waals surface area (Å²) in [4.78, 5) is 19.8. The van der Waals surface area contributed by atoms with Gasteiger partial charge < -0.3 is 10.2 Å². The Morgan fingerprint density at radius 3 is 2.70 bits per heavy atom. The number of nitrogens with zero attached hydrogens (tertiary/aromatic N) is 6. The van der Waals surface area contributed by atoms with Gasteiger partial charge in [-0.25, -0.2) is 18.4 Å². The highest BCUT2D eigenvalue weighted by Gasteiger charge is 2.39. The number of carboxylic acid groups (broad SMARTS) is 1. The molecule has 0 spiro atoms. The summed E-state index contributed by atoms with van der Waals surface area (Å²) in [5.41, 5.74) is -1.24. The van der Waals surface area contributed by atoms with Crippen molar-refractivity contribution in [2.24, 2.45) is 0 Å². The molecule has 0 radical (unpaired) electrons. The van der Waals surface area contributed by atoms with Crippen LogP contribution in [0, 0.1) is 11.6 Å². The number of allylic oxidation sites excluding steroid dienone is 1. The van der Waals surface area contributed by atoms with Gasteiger partial charge in [0.15, 0.2) is 5.65 Å². The zero-order chi connectivity index (χ0) is 23.8. The van der Waals surface area contributed by atoms with Gasteiger partial charge in [-0.3, -0.25) is 4.79 Å². The van der Waals surface area contributed by atoms with Crippen molar-refractivity contribution in [3.05, 3.63) is 72.1 Å². The van der Waals surface area contributed by atoms with Gasteiger partial charge in [0.25, 0.3) is 0 Å². The molecule has 0 fully saturated rings. The Morgan fingerprint density at radius 1 is 1.27 bits per heavy atom. The summed E-state index contributed by atoms with van der Waals surface area (Å²) >= 11 is 0. The average Bonchev–Trinajstić information content (AvgIpc) is 3.12. The standard InChI is InChI=1S/C22H18F2N6O3/c1-3-8-22(2,21(32)33)17-20(31)26-18(28-27-17)16-14-9-13(23)10-25-19(14)30(29-16)11-12-6-4-5-7-15(12)24/h3-7,9-10H,1,8,11H2,2H3,(H,32,33)(H,26,28,31). The second-order valence-electron chi connectivity index (χ2n) is 7.56. The predicted octanol–water partition coefficient (Wildman–Crippen LogP) is 3.23. The Kier molecular flexibility index (Phi) is 5.54. The highest BCUT2D eigenvalue weighted by atomic mass is 19.1. The van der Waals surface area contributed by atoms with Gasteiger partial charge in [-0.2, -0.15) is 10.1 Å². The maximum absolute atomic E-state index is 14.2. The minimum Gasteiger partial charge on any atom is -0.492 e. The number of carboxylic acids is 1. The summed E-state index contributed by atoms with van der Waals surface area (Å²) in [6.07, 6.45) is 2.36. The second kappa shape index (κ2) is 8.34. The molecule has 0 aliphatic heterocycles. The average molecular weight is 452 g/mol.